The molecule has 4 rings (SSSR count). The van der Waals surface area contributed by atoms with Gasteiger partial charge in [-0.2, -0.15) is 0 Å². The number of ether oxygens (including phenoxy) is 1. The van der Waals surface area contributed by atoms with Gasteiger partial charge in [0.2, 0.25) is 0 Å². The van der Waals surface area contributed by atoms with E-state index in [2.05, 4.69) is 20.4 Å². The molecule has 2 heterocycles. The van der Waals surface area contributed by atoms with Crippen molar-refractivity contribution >= 4 is 0 Å². The van der Waals surface area contributed by atoms with Gasteiger partial charge in [-0.05, 0) is 49.9 Å². The van der Waals surface area contributed by atoms with E-state index in [-0.39, 0.29) is 0 Å². The average molecular weight is 378 g/mol. The first-order chi connectivity index (χ1) is 13.7. The second kappa shape index (κ2) is 8.52. The third-order valence-corrected chi connectivity index (χ3v) is 5.42. The Balaban J connectivity index is 1.33. The lowest BCUT2D eigenvalue weighted by Gasteiger charge is -2.20. The van der Waals surface area contributed by atoms with Crippen molar-refractivity contribution in [2.24, 2.45) is 5.92 Å². The highest BCUT2D eigenvalue weighted by molar-refractivity contribution is 5.55. The molecule has 1 N–H and O–H groups in total. The van der Waals surface area contributed by atoms with Crippen molar-refractivity contribution in [1.29, 1.82) is 0 Å². The summed E-state index contributed by atoms with van der Waals surface area (Å²) in [5.74, 6) is 3.14. The third kappa shape index (κ3) is 4.39. The molecular weight excluding hydrogens is 352 g/mol. The molecule has 1 aliphatic carbocycles. The molecule has 0 saturated heterocycles. The van der Waals surface area contributed by atoms with Crippen LogP contribution in [0, 0.1) is 12.8 Å². The fourth-order valence-electron chi connectivity index (χ4n) is 3.90. The summed E-state index contributed by atoms with van der Waals surface area (Å²) < 4.78 is 10.6. The minimum atomic E-state index is 0.492. The maximum absolute atomic E-state index is 5.40. The number of hydrogen-bond donors (Lipinski definition) is 1. The van der Waals surface area contributed by atoms with Crippen molar-refractivity contribution in [1.82, 2.24) is 20.4 Å². The lowest BCUT2D eigenvalue weighted by Crippen LogP contribution is -2.33. The number of aryl methyl sites for hydroxylation is 1. The first kappa shape index (κ1) is 18.6. The van der Waals surface area contributed by atoms with Crippen molar-refractivity contribution in [3.8, 4) is 17.1 Å². The van der Waals surface area contributed by atoms with Crippen LogP contribution in [0.4, 0.5) is 0 Å². The number of benzene rings is 1. The third-order valence-electron chi connectivity index (χ3n) is 5.42. The standard InChI is InChI=1S/C22H26N4O2/c1-15-10-20(28-26-15)11-18-4-3-5-21(18)23-12-16-13-24-22(25-14-16)17-6-8-19(27-2)9-7-17/h6-10,13-14,18,21,23H,3-5,11-12H2,1-2H3/t18-,21+/m0/s1. The number of rotatable bonds is 7. The molecule has 1 saturated carbocycles. The van der Waals surface area contributed by atoms with Gasteiger partial charge in [-0.15, -0.1) is 0 Å². The van der Waals surface area contributed by atoms with E-state index in [0.29, 0.717) is 12.0 Å². The zero-order chi connectivity index (χ0) is 19.3. The molecule has 0 spiro atoms. The molecule has 2 atom stereocenters. The van der Waals surface area contributed by atoms with E-state index in [0.717, 1.165) is 47.1 Å². The number of methoxy groups -OCH3 is 1. The van der Waals surface area contributed by atoms with E-state index in [1.807, 2.05) is 49.6 Å². The molecule has 1 aliphatic rings. The van der Waals surface area contributed by atoms with E-state index >= 15 is 0 Å². The Morgan fingerprint density at radius 3 is 2.61 bits per heavy atom. The predicted octanol–water partition coefficient (Wildman–Crippen LogP) is 3.95. The van der Waals surface area contributed by atoms with Crippen molar-refractivity contribution < 1.29 is 9.26 Å². The molecule has 6 heteroatoms. The normalized spacial score (nSPS) is 19.1. The summed E-state index contributed by atoms with van der Waals surface area (Å²) in [6.45, 7) is 2.74. The molecule has 146 valence electrons. The van der Waals surface area contributed by atoms with Gasteiger partial charge in [-0.25, -0.2) is 9.97 Å². The second-order valence-electron chi connectivity index (χ2n) is 7.46. The molecule has 0 unspecified atom stereocenters. The van der Waals surface area contributed by atoms with Crippen LogP contribution in [0.3, 0.4) is 0 Å². The van der Waals surface area contributed by atoms with Gasteiger partial charge in [0.1, 0.15) is 11.5 Å². The summed E-state index contributed by atoms with van der Waals surface area (Å²) in [6.07, 6.45) is 8.44. The van der Waals surface area contributed by atoms with Crippen LogP contribution in [0.1, 0.15) is 36.3 Å². The maximum atomic E-state index is 5.40. The highest BCUT2D eigenvalue weighted by atomic mass is 16.5. The van der Waals surface area contributed by atoms with Gasteiger partial charge < -0.3 is 14.6 Å². The van der Waals surface area contributed by atoms with Crippen LogP contribution in [0.2, 0.25) is 0 Å². The molecule has 0 radical (unpaired) electrons. The van der Waals surface area contributed by atoms with Crippen LogP contribution >= 0.6 is 0 Å². The Morgan fingerprint density at radius 1 is 1.14 bits per heavy atom. The molecular formula is C22H26N4O2. The Kier molecular flexibility index (Phi) is 5.67. The van der Waals surface area contributed by atoms with Crippen LogP contribution < -0.4 is 10.1 Å². The Morgan fingerprint density at radius 2 is 1.93 bits per heavy atom. The van der Waals surface area contributed by atoms with Crippen LogP contribution in [-0.2, 0) is 13.0 Å². The first-order valence-corrected chi connectivity index (χ1v) is 9.82. The molecule has 2 aromatic heterocycles. The lowest BCUT2D eigenvalue weighted by molar-refractivity contribution is 0.329. The molecule has 1 aromatic carbocycles. The van der Waals surface area contributed by atoms with E-state index < -0.39 is 0 Å². The Hall–Kier alpha value is -2.73. The van der Waals surface area contributed by atoms with E-state index in [1.165, 1.54) is 19.3 Å². The van der Waals surface area contributed by atoms with E-state index in [9.17, 15) is 0 Å². The van der Waals surface area contributed by atoms with Crippen LogP contribution in [-0.4, -0.2) is 28.3 Å². The topological polar surface area (TPSA) is 73.1 Å². The summed E-state index contributed by atoms with van der Waals surface area (Å²) >= 11 is 0. The van der Waals surface area contributed by atoms with Gasteiger partial charge in [-0.3, -0.25) is 0 Å². The molecule has 0 aliphatic heterocycles. The molecule has 6 nitrogen and oxygen atoms in total. The van der Waals surface area contributed by atoms with Crippen LogP contribution in [0.15, 0.2) is 47.2 Å². The van der Waals surface area contributed by atoms with Gasteiger partial charge in [0.05, 0.1) is 12.8 Å². The zero-order valence-corrected chi connectivity index (χ0v) is 16.4. The fraction of sp³-hybridized carbons (Fsp3) is 0.409. The number of hydrogen-bond acceptors (Lipinski definition) is 6. The van der Waals surface area contributed by atoms with E-state index in [4.69, 9.17) is 9.26 Å². The van der Waals surface area contributed by atoms with Crippen LogP contribution in [0.25, 0.3) is 11.4 Å². The summed E-state index contributed by atoms with van der Waals surface area (Å²) in [7, 11) is 1.66. The highest BCUT2D eigenvalue weighted by Gasteiger charge is 2.28. The zero-order valence-electron chi connectivity index (χ0n) is 16.4. The average Bonchev–Trinajstić information content (AvgIpc) is 3.35. The summed E-state index contributed by atoms with van der Waals surface area (Å²) in [4.78, 5) is 9.05. The molecule has 28 heavy (non-hydrogen) atoms. The van der Waals surface area contributed by atoms with Crippen LogP contribution in [0.5, 0.6) is 5.75 Å². The fourth-order valence-corrected chi connectivity index (χ4v) is 3.90. The van der Waals surface area contributed by atoms with Gasteiger partial charge in [-0.1, -0.05) is 11.6 Å². The Labute approximate surface area is 165 Å². The maximum Gasteiger partial charge on any atom is 0.159 e. The Bertz CT molecular complexity index is 890. The minimum absolute atomic E-state index is 0.492. The largest absolute Gasteiger partial charge is 0.497 e. The number of nitrogens with one attached hydrogen (secondary N) is 1. The van der Waals surface area contributed by atoms with Crippen molar-refractivity contribution in [2.75, 3.05) is 7.11 Å². The summed E-state index contributed by atoms with van der Waals surface area (Å²) in [6, 6.07) is 10.3. The molecule has 1 fully saturated rings. The van der Waals surface area contributed by atoms with Gasteiger partial charge >= 0.3 is 0 Å². The smallest absolute Gasteiger partial charge is 0.159 e. The highest BCUT2D eigenvalue weighted by Crippen LogP contribution is 2.29. The SMILES string of the molecule is COc1ccc(-c2ncc(CN[C@@H]3CCC[C@H]3Cc3cc(C)no3)cn2)cc1. The molecule has 3 aromatic rings. The second-order valence-corrected chi connectivity index (χ2v) is 7.46. The number of aromatic nitrogens is 3. The first-order valence-electron chi connectivity index (χ1n) is 9.82. The molecule has 0 bridgehead atoms. The summed E-state index contributed by atoms with van der Waals surface area (Å²) in [5, 5.41) is 7.69. The minimum Gasteiger partial charge on any atom is -0.497 e. The lowest BCUT2D eigenvalue weighted by atomic mass is 9.98. The number of nitrogens with zero attached hydrogens (tertiary/aromatic N) is 3. The van der Waals surface area contributed by atoms with Crippen molar-refractivity contribution in [3.05, 3.63) is 59.7 Å². The van der Waals surface area contributed by atoms with Gasteiger partial charge in [0.25, 0.3) is 0 Å². The predicted molar refractivity (Wildman–Crippen MR) is 107 cm³/mol. The van der Waals surface area contributed by atoms with Gasteiger partial charge in [0, 0.05) is 48.6 Å². The van der Waals surface area contributed by atoms with Gasteiger partial charge in [0.15, 0.2) is 5.82 Å². The monoisotopic (exact) mass is 378 g/mol. The summed E-state index contributed by atoms with van der Waals surface area (Å²) in [5.41, 5.74) is 3.03. The van der Waals surface area contributed by atoms with Crippen molar-refractivity contribution in [2.45, 2.75) is 45.2 Å². The quantitative estimate of drug-likeness (QED) is 0.671. The molecule has 0 amide bonds. The van der Waals surface area contributed by atoms with Crippen molar-refractivity contribution in [3.63, 3.8) is 0 Å². The van der Waals surface area contributed by atoms with E-state index in [1.54, 1.807) is 7.11 Å².